The molecule has 90 valence electrons. The van der Waals surface area contributed by atoms with Crippen LogP contribution in [0.4, 0.5) is 0 Å². The zero-order valence-electron chi connectivity index (χ0n) is 10.5. The second-order valence-electron chi connectivity index (χ2n) is 4.87. The van der Waals surface area contributed by atoms with Crippen LogP contribution in [0, 0.1) is 5.92 Å². The van der Waals surface area contributed by atoms with Gasteiger partial charge in [0.1, 0.15) is 0 Å². The van der Waals surface area contributed by atoms with Gasteiger partial charge in [-0.25, -0.2) is 0 Å². The van der Waals surface area contributed by atoms with Crippen LogP contribution in [0.15, 0.2) is 0 Å². The van der Waals surface area contributed by atoms with E-state index in [4.69, 9.17) is 9.47 Å². The highest BCUT2D eigenvalue weighted by Gasteiger charge is 2.24. The Hall–Kier alpha value is -0.120. The van der Waals surface area contributed by atoms with Gasteiger partial charge in [-0.2, -0.15) is 0 Å². The lowest BCUT2D eigenvalue weighted by atomic mass is 10.1. The first-order valence-corrected chi connectivity index (χ1v) is 6.01. The van der Waals surface area contributed by atoms with Crippen LogP contribution in [-0.2, 0) is 9.47 Å². The number of rotatable bonds is 8. The summed E-state index contributed by atoms with van der Waals surface area (Å²) in [4.78, 5) is 0. The molecule has 1 saturated carbocycles. The molecular formula is C12H25NO2. The maximum absolute atomic E-state index is 5.94. The zero-order chi connectivity index (χ0) is 11.3. The van der Waals surface area contributed by atoms with Gasteiger partial charge in [-0.15, -0.1) is 0 Å². The van der Waals surface area contributed by atoms with E-state index in [2.05, 4.69) is 26.1 Å². The second kappa shape index (κ2) is 6.46. The van der Waals surface area contributed by atoms with Gasteiger partial charge in [-0.1, -0.05) is 13.8 Å². The summed E-state index contributed by atoms with van der Waals surface area (Å²) in [6.45, 7) is 8.12. The van der Waals surface area contributed by atoms with Crippen LogP contribution >= 0.6 is 0 Å². The lowest BCUT2D eigenvalue weighted by Gasteiger charge is -2.25. The third-order valence-electron chi connectivity index (χ3n) is 2.74. The van der Waals surface area contributed by atoms with E-state index in [1.807, 2.05) is 0 Å². The zero-order valence-corrected chi connectivity index (χ0v) is 10.5. The maximum atomic E-state index is 5.94. The van der Waals surface area contributed by atoms with Crippen molar-refractivity contribution >= 4 is 0 Å². The van der Waals surface area contributed by atoms with Crippen molar-refractivity contribution in [3.8, 4) is 0 Å². The molecule has 3 nitrogen and oxygen atoms in total. The van der Waals surface area contributed by atoms with Gasteiger partial charge in [-0.3, -0.25) is 0 Å². The first-order chi connectivity index (χ1) is 7.13. The number of ether oxygens (including phenoxy) is 2. The maximum Gasteiger partial charge on any atom is 0.0784 e. The van der Waals surface area contributed by atoms with Gasteiger partial charge >= 0.3 is 0 Å². The lowest BCUT2D eigenvalue weighted by molar-refractivity contribution is -0.0557. The number of hydrogen-bond donors (Lipinski definition) is 1. The fourth-order valence-electron chi connectivity index (χ4n) is 1.58. The summed E-state index contributed by atoms with van der Waals surface area (Å²) in [5.41, 5.74) is 0. The van der Waals surface area contributed by atoms with Gasteiger partial charge in [0, 0.05) is 19.7 Å². The highest BCUT2D eigenvalue weighted by atomic mass is 16.5. The molecule has 15 heavy (non-hydrogen) atoms. The Morgan fingerprint density at radius 1 is 1.27 bits per heavy atom. The van der Waals surface area contributed by atoms with E-state index in [1.165, 1.54) is 12.8 Å². The fraction of sp³-hybridized carbons (Fsp3) is 1.00. The summed E-state index contributed by atoms with van der Waals surface area (Å²) in [5, 5.41) is 3.52. The second-order valence-corrected chi connectivity index (χ2v) is 4.87. The molecule has 0 aromatic carbocycles. The van der Waals surface area contributed by atoms with Gasteiger partial charge in [-0.05, 0) is 25.7 Å². The van der Waals surface area contributed by atoms with E-state index in [0.29, 0.717) is 18.6 Å². The van der Waals surface area contributed by atoms with Gasteiger partial charge in [0.15, 0.2) is 0 Å². The van der Waals surface area contributed by atoms with Crippen molar-refractivity contribution in [3.63, 3.8) is 0 Å². The molecule has 0 radical (unpaired) electrons. The summed E-state index contributed by atoms with van der Waals surface area (Å²) in [5.74, 6) is 0.551. The Kier molecular flexibility index (Phi) is 5.58. The monoisotopic (exact) mass is 215 g/mol. The summed E-state index contributed by atoms with van der Waals surface area (Å²) >= 11 is 0. The molecule has 1 aliphatic rings. The summed E-state index contributed by atoms with van der Waals surface area (Å²) in [7, 11) is 1.71. The van der Waals surface area contributed by atoms with Gasteiger partial charge in [0.05, 0.1) is 18.8 Å². The van der Waals surface area contributed by atoms with Crippen LogP contribution in [0.5, 0.6) is 0 Å². The largest absolute Gasteiger partial charge is 0.382 e. The Labute approximate surface area is 93.5 Å². The molecule has 0 aromatic rings. The molecule has 1 N–H and O–H groups in total. The molecule has 1 fully saturated rings. The molecule has 0 aromatic heterocycles. The van der Waals surface area contributed by atoms with Crippen LogP contribution in [0.3, 0.4) is 0 Å². The average Bonchev–Trinajstić information content (AvgIpc) is 2.95. The third kappa shape index (κ3) is 5.50. The van der Waals surface area contributed by atoms with Crippen molar-refractivity contribution in [2.75, 3.05) is 20.3 Å². The first kappa shape index (κ1) is 12.9. The van der Waals surface area contributed by atoms with Crippen molar-refractivity contribution in [2.45, 2.75) is 51.9 Å². The van der Waals surface area contributed by atoms with Crippen molar-refractivity contribution in [1.82, 2.24) is 5.32 Å². The molecule has 1 aliphatic carbocycles. The highest BCUT2D eigenvalue weighted by molar-refractivity contribution is 4.82. The number of hydrogen-bond acceptors (Lipinski definition) is 3. The minimum Gasteiger partial charge on any atom is -0.382 e. The molecule has 0 saturated heterocycles. The van der Waals surface area contributed by atoms with Crippen LogP contribution in [0.1, 0.15) is 33.6 Å². The van der Waals surface area contributed by atoms with E-state index in [-0.39, 0.29) is 6.10 Å². The Balaban J connectivity index is 2.21. The SMILES string of the molecule is COCC(C)OC(CNC1CC1)C(C)C. The van der Waals surface area contributed by atoms with Gasteiger partial charge in [0.25, 0.3) is 0 Å². The number of nitrogens with one attached hydrogen (secondary N) is 1. The van der Waals surface area contributed by atoms with E-state index in [9.17, 15) is 0 Å². The smallest absolute Gasteiger partial charge is 0.0784 e. The fourth-order valence-corrected chi connectivity index (χ4v) is 1.58. The minimum absolute atomic E-state index is 0.184. The predicted molar refractivity (Wildman–Crippen MR) is 62.1 cm³/mol. The van der Waals surface area contributed by atoms with E-state index in [0.717, 1.165) is 12.6 Å². The summed E-state index contributed by atoms with van der Waals surface area (Å²) < 4.78 is 11.0. The molecular weight excluding hydrogens is 190 g/mol. The molecule has 0 amide bonds. The van der Waals surface area contributed by atoms with Crippen molar-refractivity contribution < 1.29 is 9.47 Å². The van der Waals surface area contributed by atoms with Crippen LogP contribution in [0.2, 0.25) is 0 Å². The minimum atomic E-state index is 0.184. The predicted octanol–water partition coefficient (Wildman–Crippen LogP) is 1.81. The number of methoxy groups -OCH3 is 1. The summed E-state index contributed by atoms with van der Waals surface area (Å²) in [6.07, 6.45) is 3.15. The molecule has 2 unspecified atom stereocenters. The molecule has 2 atom stereocenters. The lowest BCUT2D eigenvalue weighted by Crippen LogP contribution is -2.37. The Morgan fingerprint density at radius 2 is 1.93 bits per heavy atom. The van der Waals surface area contributed by atoms with Crippen LogP contribution in [-0.4, -0.2) is 38.5 Å². The van der Waals surface area contributed by atoms with Gasteiger partial charge < -0.3 is 14.8 Å². The normalized spacial score (nSPS) is 20.6. The molecule has 0 spiro atoms. The molecule has 0 bridgehead atoms. The molecule has 0 heterocycles. The topological polar surface area (TPSA) is 30.5 Å². The summed E-state index contributed by atoms with van der Waals surface area (Å²) in [6, 6.07) is 0.757. The van der Waals surface area contributed by atoms with Crippen LogP contribution < -0.4 is 5.32 Å². The third-order valence-corrected chi connectivity index (χ3v) is 2.74. The van der Waals surface area contributed by atoms with E-state index < -0.39 is 0 Å². The molecule has 0 aliphatic heterocycles. The highest BCUT2D eigenvalue weighted by Crippen LogP contribution is 2.19. The van der Waals surface area contributed by atoms with Crippen molar-refractivity contribution in [2.24, 2.45) is 5.92 Å². The van der Waals surface area contributed by atoms with E-state index in [1.54, 1.807) is 7.11 Å². The Bertz CT molecular complexity index is 169. The standard InChI is InChI=1S/C12H25NO2/c1-9(2)12(7-13-11-5-6-11)15-10(3)8-14-4/h9-13H,5-8H2,1-4H3. The first-order valence-electron chi connectivity index (χ1n) is 6.01. The Morgan fingerprint density at radius 3 is 2.40 bits per heavy atom. The molecule has 1 rings (SSSR count). The quantitative estimate of drug-likeness (QED) is 0.670. The van der Waals surface area contributed by atoms with Crippen molar-refractivity contribution in [3.05, 3.63) is 0 Å². The van der Waals surface area contributed by atoms with Crippen LogP contribution in [0.25, 0.3) is 0 Å². The molecule has 3 heteroatoms. The average molecular weight is 215 g/mol. The van der Waals surface area contributed by atoms with Gasteiger partial charge in [0.2, 0.25) is 0 Å². The van der Waals surface area contributed by atoms with Crippen molar-refractivity contribution in [1.29, 1.82) is 0 Å². The van der Waals surface area contributed by atoms with E-state index >= 15 is 0 Å².